The zero-order chi connectivity index (χ0) is 14.3. The maximum atomic E-state index is 11.5. The Morgan fingerprint density at radius 3 is 2.21 bits per heavy atom. The van der Waals surface area contributed by atoms with Crippen molar-refractivity contribution in [3.05, 3.63) is 29.8 Å². The van der Waals surface area contributed by atoms with Gasteiger partial charge in [0.15, 0.2) is 6.29 Å². The van der Waals surface area contributed by atoms with Crippen molar-refractivity contribution in [3.8, 4) is 0 Å². The van der Waals surface area contributed by atoms with Gasteiger partial charge in [-0.3, -0.25) is 4.79 Å². The van der Waals surface area contributed by atoms with Crippen LogP contribution >= 0.6 is 0 Å². The van der Waals surface area contributed by atoms with Crippen LogP contribution < -0.4 is 4.90 Å². The minimum atomic E-state index is -0.397. The average Bonchev–Trinajstić information content (AvgIpc) is 2.44. The number of ether oxygens (including phenoxy) is 3. The molecule has 0 saturated carbocycles. The van der Waals surface area contributed by atoms with Crippen LogP contribution in [0.5, 0.6) is 0 Å². The number of rotatable bonds is 7. The quantitative estimate of drug-likeness (QED) is 0.554. The van der Waals surface area contributed by atoms with E-state index in [2.05, 4.69) is 0 Å². The molecule has 0 spiro atoms. The monoisotopic (exact) mass is 267 g/mol. The fraction of sp³-hybridized carbons (Fsp3) is 0.500. The number of benzene rings is 1. The number of carbonyl (C=O) groups is 1. The fourth-order valence-electron chi connectivity index (χ4n) is 1.66. The molecule has 1 rings (SSSR count). The maximum Gasteiger partial charge on any atom is 0.325 e. The predicted molar refractivity (Wildman–Crippen MR) is 73.2 cm³/mol. The first-order valence-corrected chi connectivity index (χ1v) is 6.04. The van der Waals surface area contributed by atoms with Gasteiger partial charge in [0.1, 0.15) is 6.54 Å². The highest BCUT2D eigenvalue weighted by atomic mass is 16.7. The Hall–Kier alpha value is -1.59. The molecule has 0 aliphatic carbocycles. The summed E-state index contributed by atoms with van der Waals surface area (Å²) in [6.07, 6.45) is -0.397. The van der Waals surface area contributed by atoms with Crippen molar-refractivity contribution in [2.75, 3.05) is 39.3 Å². The van der Waals surface area contributed by atoms with Gasteiger partial charge in [-0.25, -0.2) is 0 Å². The average molecular weight is 267 g/mol. The molecule has 1 aromatic rings. The second-order valence-electron chi connectivity index (χ2n) is 4.19. The van der Waals surface area contributed by atoms with Crippen molar-refractivity contribution < 1.29 is 19.0 Å². The molecule has 5 heteroatoms. The summed E-state index contributed by atoms with van der Waals surface area (Å²) in [4.78, 5) is 13.3. The second-order valence-corrected chi connectivity index (χ2v) is 4.19. The van der Waals surface area contributed by atoms with E-state index in [1.165, 1.54) is 7.11 Å². The van der Waals surface area contributed by atoms with Gasteiger partial charge in [-0.15, -0.1) is 0 Å². The van der Waals surface area contributed by atoms with Crippen molar-refractivity contribution in [1.82, 2.24) is 0 Å². The van der Waals surface area contributed by atoms with E-state index in [4.69, 9.17) is 14.2 Å². The lowest BCUT2D eigenvalue weighted by atomic mass is 10.2. The Kier molecular flexibility index (Phi) is 6.32. The number of hydrogen-bond donors (Lipinski definition) is 0. The third kappa shape index (κ3) is 4.89. The van der Waals surface area contributed by atoms with E-state index >= 15 is 0 Å². The van der Waals surface area contributed by atoms with Gasteiger partial charge in [0.25, 0.3) is 0 Å². The third-order valence-electron chi connectivity index (χ3n) is 2.84. The highest BCUT2D eigenvalue weighted by Crippen LogP contribution is 2.16. The number of esters is 1. The summed E-state index contributed by atoms with van der Waals surface area (Å²) < 4.78 is 15.1. The minimum Gasteiger partial charge on any atom is -0.468 e. The van der Waals surface area contributed by atoms with E-state index in [0.29, 0.717) is 6.54 Å². The Bertz CT molecular complexity index is 387. The summed E-state index contributed by atoms with van der Waals surface area (Å²) in [7, 11) is 4.51. The Balaban J connectivity index is 2.84. The number of hydrogen-bond acceptors (Lipinski definition) is 5. The van der Waals surface area contributed by atoms with Gasteiger partial charge in [-0.1, -0.05) is 17.7 Å². The van der Waals surface area contributed by atoms with Gasteiger partial charge in [-0.2, -0.15) is 0 Å². The molecule has 0 saturated heterocycles. The Morgan fingerprint density at radius 2 is 1.74 bits per heavy atom. The van der Waals surface area contributed by atoms with Gasteiger partial charge in [0.05, 0.1) is 13.7 Å². The fourth-order valence-corrected chi connectivity index (χ4v) is 1.66. The third-order valence-corrected chi connectivity index (χ3v) is 2.84. The van der Waals surface area contributed by atoms with Gasteiger partial charge < -0.3 is 19.1 Å². The van der Waals surface area contributed by atoms with Gasteiger partial charge in [-0.05, 0) is 19.1 Å². The molecule has 0 aromatic heterocycles. The number of anilines is 1. The molecule has 0 aliphatic heterocycles. The van der Waals surface area contributed by atoms with Crippen molar-refractivity contribution in [3.63, 3.8) is 0 Å². The summed E-state index contributed by atoms with van der Waals surface area (Å²) in [6, 6.07) is 7.91. The molecule has 1 aromatic carbocycles. The smallest absolute Gasteiger partial charge is 0.325 e. The van der Waals surface area contributed by atoms with E-state index in [1.54, 1.807) is 14.2 Å². The van der Waals surface area contributed by atoms with Gasteiger partial charge in [0.2, 0.25) is 0 Å². The molecule has 0 bridgehead atoms. The molecule has 0 aliphatic rings. The second kappa shape index (κ2) is 7.76. The minimum absolute atomic E-state index is 0.156. The van der Waals surface area contributed by atoms with Crippen LogP contribution in [0.1, 0.15) is 5.56 Å². The molecule has 19 heavy (non-hydrogen) atoms. The number of aryl methyl sites for hydroxylation is 1. The van der Waals surface area contributed by atoms with E-state index < -0.39 is 6.29 Å². The van der Waals surface area contributed by atoms with E-state index in [0.717, 1.165) is 11.3 Å². The summed E-state index contributed by atoms with van der Waals surface area (Å²) >= 11 is 0. The summed E-state index contributed by atoms with van der Waals surface area (Å²) in [5.41, 5.74) is 2.09. The lowest BCUT2D eigenvalue weighted by molar-refractivity contribution is -0.139. The standard InChI is InChI=1S/C14H21NO4/c1-11-5-7-12(8-6-11)15(9-13(16)17-2)10-14(18-3)19-4/h5-8,14H,9-10H2,1-4H3. The Morgan fingerprint density at radius 1 is 1.16 bits per heavy atom. The van der Waals surface area contributed by atoms with Crippen LogP contribution in [0.3, 0.4) is 0 Å². The van der Waals surface area contributed by atoms with E-state index in [-0.39, 0.29) is 12.5 Å². The first-order valence-electron chi connectivity index (χ1n) is 6.04. The van der Waals surface area contributed by atoms with E-state index in [1.807, 2.05) is 36.1 Å². The molecular weight excluding hydrogens is 246 g/mol. The number of carbonyl (C=O) groups excluding carboxylic acids is 1. The summed E-state index contributed by atoms with van der Waals surface area (Å²) in [5, 5.41) is 0. The van der Waals surface area contributed by atoms with Crippen LogP contribution in [0.15, 0.2) is 24.3 Å². The SMILES string of the molecule is COC(=O)CN(CC(OC)OC)c1ccc(C)cc1. The van der Waals surface area contributed by atoms with Crippen LogP contribution in [0.4, 0.5) is 5.69 Å². The molecule has 0 amide bonds. The van der Waals surface area contributed by atoms with E-state index in [9.17, 15) is 4.79 Å². The topological polar surface area (TPSA) is 48.0 Å². The molecule has 0 fully saturated rings. The van der Waals surface area contributed by atoms with Gasteiger partial charge >= 0.3 is 5.97 Å². The normalized spacial score (nSPS) is 10.6. The number of nitrogens with zero attached hydrogens (tertiary/aromatic N) is 1. The van der Waals surface area contributed by atoms with Gasteiger partial charge in [0, 0.05) is 19.9 Å². The first kappa shape index (κ1) is 15.5. The summed E-state index contributed by atoms with van der Waals surface area (Å²) in [5.74, 6) is -0.300. The molecule has 0 atom stereocenters. The molecule has 5 nitrogen and oxygen atoms in total. The van der Waals surface area contributed by atoms with Crippen LogP contribution in [0, 0.1) is 6.92 Å². The molecule has 106 valence electrons. The predicted octanol–water partition coefficient (Wildman–Crippen LogP) is 1.59. The van der Waals surface area contributed by atoms with Crippen molar-refractivity contribution >= 4 is 11.7 Å². The summed E-state index contributed by atoms with van der Waals surface area (Å²) in [6.45, 7) is 2.62. The maximum absolute atomic E-state index is 11.5. The van der Waals surface area contributed by atoms with Crippen molar-refractivity contribution in [1.29, 1.82) is 0 Å². The van der Waals surface area contributed by atoms with Crippen molar-refractivity contribution in [2.45, 2.75) is 13.2 Å². The zero-order valence-electron chi connectivity index (χ0n) is 11.9. The molecule has 0 unspecified atom stereocenters. The lowest BCUT2D eigenvalue weighted by Gasteiger charge is -2.27. The molecule has 0 radical (unpaired) electrons. The van der Waals surface area contributed by atoms with Crippen LogP contribution in [-0.2, 0) is 19.0 Å². The highest BCUT2D eigenvalue weighted by Gasteiger charge is 2.17. The first-order chi connectivity index (χ1) is 9.10. The lowest BCUT2D eigenvalue weighted by Crippen LogP contribution is -2.38. The van der Waals surface area contributed by atoms with Crippen molar-refractivity contribution in [2.24, 2.45) is 0 Å². The van der Waals surface area contributed by atoms with Crippen LogP contribution in [-0.4, -0.2) is 46.7 Å². The number of methoxy groups -OCH3 is 3. The highest BCUT2D eigenvalue weighted by molar-refractivity contribution is 5.75. The molecular formula is C14H21NO4. The Labute approximate surface area is 114 Å². The van der Waals surface area contributed by atoms with Crippen LogP contribution in [0.25, 0.3) is 0 Å². The zero-order valence-corrected chi connectivity index (χ0v) is 11.9. The van der Waals surface area contributed by atoms with Crippen LogP contribution in [0.2, 0.25) is 0 Å². The molecule has 0 heterocycles. The molecule has 0 N–H and O–H groups in total. The largest absolute Gasteiger partial charge is 0.468 e.